The molecule has 0 aromatic heterocycles. The SMILES string of the molecule is CCOC(=O)C(=O)c1cc(C(F)F)ccc1F. The van der Waals surface area contributed by atoms with Gasteiger partial charge in [-0.2, -0.15) is 0 Å². The van der Waals surface area contributed by atoms with E-state index in [4.69, 9.17) is 0 Å². The largest absolute Gasteiger partial charge is 0.460 e. The zero-order valence-electron chi connectivity index (χ0n) is 8.88. The van der Waals surface area contributed by atoms with E-state index >= 15 is 0 Å². The second-order valence-electron chi connectivity index (χ2n) is 3.09. The summed E-state index contributed by atoms with van der Waals surface area (Å²) in [6.45, 7) is 1.41. The number of ether oxygens (including phenoxy) is 1. The molecule has 1 rings (SSSR count). The summed E-state index contributed by atoms with van der Waals surface area (Å²) in [7, 11) is 0. The number of hydrogen-bond acceptors (Lipinski definition) is 3. The van der Waals surface area contributed by atoms with Crippen LogP contribution in [-0.4, -0.2) is 18.4 Å². The molecule has 1 aromatic rings. The molecule has 0 heterocycles. The molecule has 6 heteroatoms. The maximum absolute atomic E-state index is 13.2. The molecule has 0 atom stereocenters. The first-order valence-corrected chi connectivity index (χ1v) is 4.76. The van der Waals surface area contributed by atoms with Crippen LogP contribution in [0.15, 0.2) is 18.2 Å². The van der Waals surface area contributed by atoms with Crippen molar-refractivity contribution in [1.29, 1.82) is 0 Å². The molecule has 0 aliphatic carbocycles. The van der Waals surface area contributed by atoms with Gasteiger partial charge in [0.1, 0.15) is 5.82 Å². The Bertz CT molecular complexity index is 444. The van der Waals surface area contributed by atoms with Crippen LogP contribution in [0.1, 0.15) is 29.3 Å². The summed E-state index contributed by atoms with van der Waals surface area (Å²) in [5.41, 5.74) is -1.24. The van der Waals surface area contributed by atoms with Crippen molar-refractivity contribution in [3.05, 3.63) is 35.1 Å². The van der Waals surface area contributed by atoms with Gasteiger partial charge in [0.05, 0.1) is 12.2 Å². The normalized spacial score (nSPS) is 10.4. The van der Waals surface area contributed by atoms with Crippen LogP contribution in [0.25, 0.3) is 0 Å². The lowest BCUT2D eigenvalue weighted by Gasteiger charge is -2.05. The summed E-state index contributed by atoms with van der Waals surface area (Å²) in [6, 6.07) is 2.22. The molecule has 3 nitrogen and oxygen atoms in total. The molecule has 0 saturated heterocycles. The average Bonchev–Trinajstić information content (AvgIpc) is 2.28. The number of carbonyl (C=O) groups is 2. The van der Waals surface area contributed by atoms with Crippen LogP contribution in [0.3, 0.4) is 0 Å². The molecule has 0 radical (unpaired) electrons. The molecule has 1 aromatic carbocycles. The lowest BCUT2D eigenvalue weighted by molar-refractivity contribution is -0.137. The Morgan fingerprint density at radius 1 is 1.35 bits per heavy atom. The number of ketones is 1. The minimum atomic E-state index is -2.84. The highest BCUT2D eigenvalue weighted by atomic mass is 19.3. The van der Waals surface area contributed by atoms with E-state index in [-0.39, 0.29) is 6.61 Å². The van der Waals surface area contributed by atoms with Crippen molar-refractivity contribution < 1.29 is 27.5 Å². The molecule has 0 spiro atoms. The lowest BCUT2D eigenvalue weighted by atomic mass is 10.1. The molecular formula is C11H9F3O3. The first-order chi connectivity index (χ1) is 7.97. The van der Waals surface area contributed by atoms with Crippen molar-refractivity contribution in [1.82, 2.24) is 0 Å². The Morgan fingerprint density at radius 3 is 2.53 bits per heavy atom. The Balaban J connectivity index is 3.08. The van der Waals surface area contributed by atoms with Gasteiger partial charge in [0.15, 0.2) is 0 Å². The highest BCUT2D eigenvalue weighted by Gasteiger charge is 2.22. The monoisotopic (exact) mass is 246 g/mol. The predicted molar refractivity (Wildman–Crippen MR) is 52.3 cm³/mol. The van der Waals surface area contributed by atoms with Crippen LogP contribution in [0.5, 0.6) is 0 Å². The number of carbonyl (C=O) groups excluding carboxylic acids is 2. The molecular weight excluding hydrogens is 237 g/mol. The molecule has 0 N–H and O–H groups in total. The number of halogens is 3. The number of rotatable bonds is 4. The maximum Gasteiger partial charge on any atom is 0.379 e. The van der Waals surface area contributed by atoms with Crippen molar-refractivity contribution in [2.45, 2.75) is 13.3 Å². The second-order valence-corrected chi connectivity index (χ2v) is 3.09. The van der Waals surface area contributed by atoms with Crippen LogP contribution in [0, 0.1) is 5.82 Å². The van der Waals surface area contributed by atoms with Crippen molar-refractivity contribution >= 4 is 11.8 Å². The zero-order valence-corrected chi connectivity index (χ0v) is 8.88. The van der Waals surface area contributed by atoms with Crippen LogP contribution in [-0.2, 0) is 9.53 Å². The van der Waals surface area contributed by atoms with Gasteiger partial charge in [0, 0.05) is 5.56 Å². The summed E-state index contributed by atoms with van der Waals surface area (Å²) >= 11 is 0. The molecule has 0 bridgehead atoms. The molecule has 0 aliphatic rings. The summed E-state index contributed by atoms with van der Waals surface area (Å²) < 4.78 is 42.3. The smallest absolute Gasteiger partial charge is 0.379 e. The van der Waals surface area contributed by atoms with E-state index in [1.54, 1.807) is 0 Å². The summed E-state index contributed by atoms with van der Waals surface area (Å²) in [5, 5.41) is 0. The molecule has 0 fully saturated rings. The first kappa shape index (κ1) is 13.2. The Hall–Kier alpha value is -1.85. The van der Waals surface area contributed by atoms with Gasteiger partial charge in [-0.05, 0) is 19.1 Å². The lowest BCUT2D eigenvalue weighted by Crippen LogP contribution is -2.19. The van der Waals surface area contributed by atoms with Gasteiger partial charge in [0.25, 0.3) is 12.2 Å². The number of hydrogen-bond donors (Lipinski definition) is 0. The fraction of sp³-hybridized carbons (Fsp3) is 0.273. The highest BCUT2D eigenvalue weighted by Crippen LogP contribution is 2.21. The predicted octanol–water partition coefficient (Wildman–Crippen LogP) is 2.51. The number of benzene rings is 1. The summed E-state index contributed by atoms with van der Waals surface area (Å²) in [5.74, 6) is -3.57. The molecule has 92 valence electrons. The van der Waals surface area contributed by atoms with Gasteiger partial charge in [-0.3, -0.25) is 4.79 Å². The van der Waals surface area contributed by atoms with Gasteiger partial charge < -0.3 is 4.74 Å². The molecule has 17 heavy (non-hydrogen) atoms. The van der Waals surface area contributed by atoms with Crippen LogP contribution in [0.4, 0.5) is 13.2 Å². The Kier molecular flexibility index (Phi) is 4.25. The van der Waals surface area contributed by atoms with Gasteiger partial charge in [-0.1, -0.05) is 6.07 Å². The number of Topliss-reactive ketones (excluding diaryl/α,β-unsaturated/α-hetero) is 1. The van der Waals surface area contributed by atoms with Crippen LogP contribution in [0.2, 0.25) is 0 Å². The van der Waals surface area contributed by atoms with E-state index in [0.717, 1.165) is 6.07 Å². The van der Waals surface area contributed by atoms with E-state index in [2.05, 4.69) is 4.74 Å². The average molecular weight is 246 g/mol. The second kappa shape index (κ2) is 5.47. The number of alkyl halides is 2. The van der Waals surface area contributed by atoms with Gasteiger partial charge >= 0.3 is 5.97 Å². The maximum atomic E-state index is 13.2. The molecule has 0 aliphatic heterocycles. The van der Waals surface area contributed by atoms with Gasteiger partial charge in [-0.25, -0.2) is 18.0 Å². The fourth-order valence-electron chi connectivity index (χ4n) is 1.16. The van der Waals surface area contributed by atoms with Crippen LogP contribution >= 0.6 is 0 Å². The van der Waals surface area contributed by atoms with Gasteiger partial charge in [-0.15, -0.1) is 0 Å². The molecule has 0 amide bonds. The standard InChI is InChI=1S/C11H9F3O3/c1-2-17-11(16)9(15)7-5-6(10(13)14)3-4-8(7)12/h3-5,10H,2H2,1H3. The zero-order chi connectivity index (χ0) is 13.0. The third-order valence-electron chi connectivity index (χ3n) is 1.95. The molecule has 0 unspecified atom stereocenters. The minimum Gasteiger partial charge on any atom is -0.460 e. The van der Waals surface area contributed by atoms with Crippen LogP contribution < -0.4 is 0 Å². The topological polar surface area (TPSA) is 43.4 Å². The fourth-order valence-corrected chi connectivity index (χ4v) is 1.16. The molecule has 0 saturated carbocycles. The van der Waals surface area contributed by atoms with E-state index in [9.17, 15) is 22.8 Å². The van der Waals surface area contributed by atoms with E-state index < -0.39 is 35.1 Å². The highest BCUT2D eigenvalue weighted by molar-refractivity contribution is 6.40. The van der Waals surface area contributed by atoms with Crippen molar-refractivity contribution in [2.75, 3.05) is 6.61 Å². The van der Waals surface area contributed by atoms with Gasteiger partial charge in [0.2, 0.25) is 0 Å². The van der Waals surface area contributed by atoms with E-state index in [1.807, 2.05) is 0 Å². The summed E-state index contributed by atoms with van der Waals surface area (Å²) in [4.78, 5) is 22.4. The quantitative estimate of drug-likeness (QED) is 0.465. The summed E-state index contributed by atoms with van der Waals surface area (Å²) in [6.07, 6.45) is -2.84. The Morgan fingerprint density at radius 2 is 2.00 bits per heavy atom. The van der Waals surface area contributed by atoms with Crippen molar-refractivity contribution in [2.24, 2.45) is 0 Å². The first-order valence-electron chi connectivity index (χ1n) is 4.76. The minimum absolute atomic E-state index is 0.0548. The van der Waals surface area contributed by atoms with E-state index in [1.165, 1.54) is 6.92 Å². The van der Waals surface area contributed by atoms with E-state index in [0.29, 0.717) is 12.1 Å². The van der Waals surface area contributed by atoms with Crippen molar-refractivity contribution in [3.63, 3.8) is 0 Å². The number of esters is 1. The van der Waals surface area contributed by atoms with Crippen molar-refractivity contribution in [3.8, 4) is 0 Å². The third-order valence-corrected chi connectivity index (χ3v) is 1.95. The third kappa shape index (κ3) is 3.05. The Labute approximate surface area is 95.2 Å².